The molecule has 0 radical (unpaired) electrons. The van der Waals surface area contributed by atoms with Gasteiger partial charge in [0.15, 0.2) is 11.5 Å². The van der Waals surface area contributed by atoms with E-state index in [0.717, 1.165) is 5.56 Å². The molecule has 5 nitrogen and oxygen atoms in total. The highest BCUT2D eigenvalue weighted by Crippen LogP contribution is 2.42. The van der Waals surface area contributed by atoms with E-state index >= 15 is 0 Å². The molecule has 0 fully saturated rings. The number of amides is 1. The van der Waals surface area contributed by atoms with Gasteiger partial charge in [-0.05, 0) is 29.8 Å². The monoisotopic (exact) mass is 362 g/mol. The molecule has 2 aromatic rings. The molecule has 0 saturated carbocycles. The lowest BCUT2D eigenvalue weighted by Crippen LogP contribution is -2.25. The maximum atomic E-state index is 13.0. The summed E-state index contributed by atoms with van der Waals surface area (Å²) in [6.45, 7) is 0. The van der Waals surface area contributed by atoms with Gasteiger partial charge in [-0.3, -0.25) is 4.79 Å². The summed E-state index contributed by atoms with van der Waals surface area (Å²) in [6.07, 6.45) is -3.68. The van der Waals surface area contributed by atoms with Crippen LogP contribution >= 0.6 is 11.8 Å². The van der Waals surface area contributed by atoms with Crippen molar-refractivity contribution in [1.82, 2.24) is 0 Å². The fraction of sp³-hybridized carbons (Fsp3) is 0.176. The maximum Gasteiger partial charge on any atom is 0.586 e. The number of nitrogens with one attached hydrogen (secondary N) is 1. The molecule has 1 aliphatic rings. The Kier molecular flexibility index (Phi) is 4.76. The largest absolute Gasteiger partial charge is 0.586 e. The fourth-order valence-corrected chi connectivity index (χ4v) is 2.99. The third-order valence-electron chi connectivity index (χ3n) is 3.24. The first-order valence-corrected chi connectivity index (χ1v) is 8.37. The Labute approximate surface area is 146 Å². The summed E-state index contributed by atoms with van der Waals surface area (Å²) in [5.74, 6) is 0.295. The first-order chi connectivity index (χ1) is 11.9. The van der Waals surface area contributed by atoms with Gasteiger partial charge in [0.2, 0.25) is 5.91 Å². The zero-order chi connectivity index (χ0) is 17.9. The highest BCUT2D eigenvalue weighted by molar-refractivity contribution is 7.99. The van der Waals surface area contributed by atoms with Crippen molar-refractivity contribution in [2.75, 3.05) is 11.1 Å². The van der Waals surface area contributed by atoms with E-state index in [1.165, 1.54) is 30.0 Å². The second-order valence-electron chi connectivity index (χ2n) is 5.18. The molecular weight excluding hydrogens is 350 g/mol. The molecule has 1 aliphatic heterocycles. The summed E-state index contributed by atoms with van der Waals surface area (Å²) in [5, 5.41) is 11.5. The normalized spacial score (nSPS) is 14.0. The number of ether oxygens (including phenoxy) is 2. The van der Waals surface area contributed by atoms with Crippen molar-refractivity contribution >= 4 is 23.4 Å². The molecule has 0 spiro atoms. The van der Waals surface area contributed by atoms with Crippen LogP contribution in [0.25, 0.3) is 0 Å². The molecule has 1 heterocycles. The number of benzene rings is 2. The lowest BCUT2D eigenvalue weighted by Gasteiger charge is -2.06. The minimum absolute atomic E-state index is 0.0743. The third-order valence-corrected chi connectivity index (χ3v) is 4.25. The average Bonchev–Trinajstić information content (AvgIpc) is 2.88. The Morgan fingerprint density at radius 2 is 2.00 bits per heavy atom. The van der Waals surface area contributed by atoms with E-state index in [4.69, 9.17) is 5.26 Å². The number of hydrogen-bond acceptors (Lipinski definition) is 5. The first-order valence-electron chi connectivity index (χ1n) is 7.22. The molecule has 2 aromatic carbocycles. The summed E-state index contributed by atoms with van der Waals surface area (Å²) < 4.78 is 34.5. The number of halogens is 2. The molecule has 0 atom stereocenters. The van der Waals surface area contributed by atoms with E-state index in [2.05, 4.69) is 20.9 Å². The molecule has 3 rings (SSSR count). The van der Waals surface area contributed by atoms with Crippen molar-refractivity contribution in [3.8, 4) is 17.6 Å². The molecule has 0 saturated heterocycles. The molecule has 0 bridgehead atoms. The van der Waals surface area contributed by atoms with Crippen LogP contribution in [0, 0.1) is 11.3 Å². The van der Waals surface area contributed by atoms with Crippen LogP contribution in [-0.4, -0.2) is 18.0 Å². The number of alkyl halides is 2. The minimum atomic E-state index is -3.68. The lowest BCUT2D eigenvalue weighted by molar-refractivity contribution is -0.286. The zero-order valence-corrected chi connectivity index (χ0v) is 13.6. The summed E-state index contributed by atoms with van der Waals surface area (Å²) >= 11 is 1.38. The van der Waals surface area contributed by atoms with E-state index in [0.29, 0.717) is 17.0 Å². The van der Waals surface area contributed by atoms with E-state index in [9.17, 15) is 13.6 Å². The van der Waals surface area contributed by atoms with E-state index in [-0.39, 0.29) is 23.2 Å². The van der Waals surface area contributed by atoms with E-state index in [1.54, 1.807) is 18.2 Å². The van der Waals surface area contributed by atoms with Crippen molar-refractivity contribution in [1.29, 1.82) is 5.26 Å². The highest BCUT2D eigenvalue weighted by Gasteiger charge is 2.43. The molecule has 128 valence electrons. The van der Waals surface area contributed by atoms with Gasteiger partial charge < -0.3 is 14.8 Å². The van der Waals surface area contributed by atoms with Crippen molar-refractivity contribution in [2.45, 2.75) is 12.0 Å². The number of anilines is 1. The van der Waals surface area contributed by atoms with Gasteiger partial charge in [-0.2, -0.15) is 5.26 Å². The van der Waals surface area contributed by atoms with Gasteiger partial charge in [-0.15, -0.1) is 20.5 Å². The average molecular weight is 362 g/mol. The van der Waals surface area contributed by atoms with Gasteiger partial charge in [0.05, 0.1) is 17.4 Å². The molecule has 0 aromatic heterocycles. The molecular formula is C17H12F2N2O3S. The lowest BCUT2D eigenvalue weighted by atomic mass is 10.2. The Hall–Kier alpha value is -2.79. The summed E-state index contributed by atoms with van der Waals surface area (Å²) in [6, 6.07) is 13.3. The topological polar surface area (TPSA) is 71.4 Å². The number of hydrogen-bond donors (Lipinski definition) is 1. The molecule has 0 aliphatic carbocycles. The van der Waals surface area contributed by atoms with Gasteiger partial charge in [0.25, 0.3) is 0 Å². The Balaban J connectivity index is 1.51. The van der Waals surface area contributed by atoms with E-state index in [1.807, 2.05) is 6.07 Å². The van der Waals surface area contributed by atoms with E-state index < -0.39 is 6.29 Å². The zero-order valence-electron chi connectivity index (χ0n) is 12.8. The number of nitrogens with zero attached hydrogens (tertiary/aromatic N) is 1. The number of thioether (sulfide) groups is 1. The summed E-state index contributed by atoms with van der Waals surface area (Å²) in [7, 11) is 0. The van der Waals surface area contributed by atoms with Crippen LogP contribution < -0.4 is 14.8 Å². The number of nitriles is 1. The smallest absolute Gasteiger partial charge is 0.395 e. The standard InChI is InChI=1S/C17H12F2N2O3S/c18-17(19)23-14-5-4-13(7-15(14)24-17)21-16(22)10-25-9-12-3-1-2-11(6-12)8-20/h1-7H,9-10H2,(H,21,22). The van der Waals surface area contributed by atoms with Crippen LogP contribution in [0.1, 0.15) is 11.1 Å². The Bertz CT molecular complexity index is 852. The minimum Gasteiger partial charge on any atom is -0.395 e. The van der Waals surface area contributed by atoms with Crippen LogP contribution in [-0.2, 0) is 10.5 Å². The summed E-state index contributed by atoms with van der Waals surface area (Å²) in [5.41, 5.74) is 1.86. The van der Waals surface area contributed by atoms with Crippen LogP contribution in [0.4, 0.5) is 14.5 Å². The number of rotatable bonds is 5. The Morgan fingerprint density at radius 3 is 2.80 bits per heavy atom. The number of fused-ring (bicyclic) bond motifs is 1. The summed E-state index contributed by atoms with van der Waals surface area (Å²) in [4.78, 5) is 11.9. The Morgan fingerprint density at radius 1 is 1.20 bits per heavy atom. The van der Waals surface area contributed by atoms with Crippen LogP contribution in [0.3, 0.4) is 0 Å². The van der Waals surface area contributed by atoms with Crippen LogP contribution in [0.5, 0.6) is 11.5 Å². The predicted molar refractivity (Wildman–Crippen MR) is 88.6 cm³/mol. The SMILES string of the molecule is N#Cc1cccc(CSCC(=O)Nc2ccc3c(c2)OC(F)(F)O3)c1. The fourth-order valence-electron chi connectivity index (χ4n) is 2.22. The highest BCUT2D eigenvalue weighted by atomic mass is 32.2. The van der Waals surface area contributed by atoms with Crippen molar-refractivity contribution < 1.29 is 23.0 Å². The van der Waals surface area contributed by atoms with Crippen molar-refractivity contribution in [2.24, 2.45) is 0 Å². The first kappa shape index (κ1) is 17.0. The molecule has 8 heteroatoms. The second kappa shape index (κ2) is 6.99. The quantitative estimate of drug-likeness (QED) is 0.877. The van der Waals surface area contributed by atoms with Gasteiger partial charge in [-0.1, -0.05) is 12.1 Å². The molecule has 1 amide bonds. The number of carbonyl (C=O) groups is 1. The second-order valence-corrected chi connectivity index (χ2v) is 6.17. The van der Waals surface area contributed by atoms with Crippen LogP contribution in [0.15, 0.2) is 42.5 Å². The molecule has 25 heavy (non-hydrogen) atoms. The maximum absolute atomic E-state index is 13.0. The van der Waals surface area contributed by atoms with Gasteiger partial charge in [0.1, 0.15) is 0 Å². The van der Waals surface area contributed by atoms with Crippen molar-refractivity contribution in [3.05, 3.63) is 53.6 Å². The molecule has 1 N–H and O–H groups in total. The predicted octanol–water partition coefficient (Wildman–Crippen LogP) is 3.75. The third kappa shape index (κ3) is 4.39. The van der Waals surface area contributed by atoms with Gasteiger partial charge in [-0.25, -0.2) is 0 Å². The number of carbonyl (C=O) groups excluding carboxylic acids is 1. The van der Waals surface area contributed by atoms with Gasteiger partial charge in [0, 0.05) is 17.5 Å². The van der Waals surface area contributed by atoms with Gasteiger partial charge >= 0.3 is 6.29 Å². The van der Waals surface area contributed by atoms with Crippen molar-refractivity contribution in [3.63, 3.8) is 0 Å². The molecule has 0 unspecified atom stereocenters. The van der Waals surface area contributed by atoms with Crippen LogP contribution in [0.2, 0.25) is 0 Å².